The second-order valence-corrected chi connectivity index (χ2v) is 8.61. The van der Waals surface area contributed by atoms with Gasteiger partial charge in [-0.25, -0.2) is 13.1 Å². The number of rotatable bonds is 5. The van der Waals surface area contributed by atoms with Crippen LogP contribution >= 0.6 is 11.6 Å². The van der Waals surface area contributed by atoms with Gasteiger partial charge in [-0.1, -0.05) is 43.6 Å². The smallest absolute Gasteiger partial charge is 0.240 e. The first-order valence-electron chi connectivity index (χ1n) is 7.61. The largest absolute Gasteiger partial charge is 0.361 e. The monoisotopic (exact) mass is 362 g/mol. The number of hydrogen-bond acceptors (Lipinski definition) is 2. The number of sulfonamides is 1. The Labute approximate surface area is 146 Å². The lowest BCUT2D eigenvalue weighted by atomic mass is 9.85. The lowest BCUT2D eigenvalue weighted by molar-refractivity contribution is 0.505. The van der Waals surface area contributed by atoms with Crippen molar-refractivity contribution in [2.75, 3.05) is 6.54 Å². The fourth-order valence-corrected chi connectivity index (χ4v) is 4.04. The second-order valence-electron chi connectivity index (χ2n) is 6.41. The molecule has 0 aliphatic rings. The van der Waals surface area contributed by atoms with Gasteiger partial charge in [0.15, 0.2) is 0 Å². The number of aromatic nitrogens is 1. The molecule has 0 fully saturated rings. The van der Waals surface area contributed by atoms with Crippen molar-refractivity contribution in [3.8, 4) is 0 Å². The third kappa shape index (κ3) is 3.34. The Balaban J connectivity index is 1.83. The van der Waals surface area contributed by atoms with Crippen molar-refractivity contribution < 1.29 is 8.42 Å². The van der Waals surface area contributed by atoms with E-state index in [1.807, 2.05) is 44.3 Å². The van der Waals surface area contributed by atoms with E-state index in [1.54, 1.807) is 12.1 Å². The van der Waals surface area contributed by atoms with Crippen molar-refractivity contribution in [1.82, 2.24) is 9.71 Å². The van der Waals surface area contributed by atoms with E-state index in [1.165, 1.54) is 12.1 Å². The topological polar surface area (TPSA) is 62.0 Å². The molecule has 0 aliphatic carbocycles. The van der Waals surface area contributed by atoms with E-state index < -0.39 is 10.0 Å². The molecule has 0 unspecified atom stereocenters. The summed E-state index contributed by atoms with van der Waals surface area (Å²) in [5, 5.41) is 1.61. The average Bonchev–Trinajstić information content (AvgIpc) is 2.99. The molecule has 0 amide bonds. The Morgan fingerprint density at radius 3 is 2.46 bits per heavy atom. The summed E-state index contributed by atoms with van der Waals surface area (Å²) in [5.74, 6) is 0. The van der Waals surface area contributed by atoms with Crippen molar-refractivity contribution in [3.63, 3.8) is 0 Å². The lowest BCUT2D eigenvalue weighted by Crippen LogP contribution is -2.36. The Morgan fingerprint density at radius 2 is 1.75 bits per heavy atom. The van der Waals surface area contributed by atoms with E-state index in [0.717, 1.165) is 16.5 Å². The van der Waals surface area contributed by atoms with E-state index >= 15 is 0 Å². The molecule has 0 atom stereocenters. The molecule has 0 spiro atoms. The van der Waals surface area contributed by atoms with Crippen LogP contribution in [0.1, 0.15) is 19.4 Å². The maximum Gasteiger partial charge on any atom is 0.240 e. The van der Waals surface area contributed by atoms with E-state index in [4.69, 9.17) is 11.6 Å². The quantitative estimate of drug-likeness (QED) is 0.718. The van der Waals surface area contributed by atoms with E-state index in [9.17, 15) is 8.42 Å². The van der Waals surface area contributed by atoms with E-state index in [-0.39, 0.29) is 10.3 Å². The van der Waals surface area contributed by atoms with E-state index in [0.29, 0.717) is 11.6 Å². The predicted octanol–water partition coefficient (Wildman–Crippen LogP) is 4.08. The summed E-state index contributed by atoms with van der Waals surface area (Å²) in [5.41, 5.74) is 1.76. The number of benzene rings is 2. The van der Waals surface area contributed by atoms with Gasteiger partial charge in [0.1, 0.15) is 0 Å². The van der Waals surface area contributed by atoms with Gasteiger partial charge in [0.2, 0.25) is 10.0 Å². The number of para-hydroxylation sites is 1. The van der Waals surface area contributed by atoms with Crippen molar-refractivity contribution >= 4 is 32.5 Å². The fraction of sp³-hybridized carbons (Fsp3) is 0.222. The summed E-state index contributed by atoms with van der Waals surface area (Å²) >= 11 is 5.82. The second kappa shape index (κ2) is 6.24. The molecule has 0 saturated heterocycles. The third-order valence-corrected chi connectivity index (χ3v) is 5.82. The highest BCUT2D eigenvalue weighted by atomic mass is 35.5. The Bertz CT molecular complexity index is 960. The van der Waals surface area contributed by atoms with Gasteiger partial charge < -0.3 is 4.98 Å². The molecule has 2 N–H and O–H groups in total. The molecule has 24 heavy (non-hydrogen) atoms. The van der Waals surface area contributed by atoms with Crippen molar-refractivity contribution in [2.45, 2.75) is 24.2 Å². The van der Waals surface area contributed by atoms with Crippen molar-refractivity contribution in [1.29, 1.82) is 0 Å². The molecule has 4 nitrogen and oxygen atoms in total. The number of hydrogen-bond donors (Lipinski definition) is 2. The molecule has 0 saturated carbocycles. The Morgan fingerprint density at radius 1 is 1.08 bits per heavy atom. The summed E-state index contributed by atoms with van der Waals surface area (Å²) in [7, 11) is -3.57. The normalized spacial score (nSPS) is 12.6. The summed E-state index contributed by atoms with van der Waals surface area (Å²) in [6, 6.07) is 14.1. The van der Waals surface area contributed by atoms with Gasteiger partial charge in [0, 0.05) is 34.1 Å². The first-order chi connectivity index (χ1) is 11.3. The van der Waals surface area contributed by atoms with Gasteiger partial charge in [-0.15, -0.1) is 0 Å². The maximum atomic E-state index is 12.5. The molecule has 0 bridgehead atoms. The lowest BCUT2D eigenvalue weighted by Gasteiger charge is -2.25. The van der Waals surface area contributed by atoms with Gasteiger partial charge in [0.05, 0.1) is 4.90 Å². The van der Waals surface area contributed by atoms with Gasteiger partial charge in [-0.2, -0.15) is 0 Å². The molecular formula is C18H19ClN2O2S. The highest BCUT2D eigenvalue weighted by Crippen LogP contribution is 2.30. The minimum absolute atomic E-state index is 0.210. The number of fused-ring (bicyclic) bond motifs is 1. The highest BCUT2D eigenvalue weighted by molar-refractivity contribution is 7.89. The van der Waals surface area contributed by atoms with Crippen LogP contribution in [0.25, 0.3) is 10.9 Å². The minimum atomic E-state index is -3.57. The number of nitrogens with one attached hydrogen (secondary N) is 2. The van der Waals surface area contributed by atoms with Crippen molar-refractivity contribution in [3.05, 3.63) is 65.3 Å². The molecule has 0 radical (unpaired) electrons. The minimum Gasteiger partial charge on any atom is -0.361 e. The van der Waals surface area contributed by atoms with Crippen LogP contribution in [-0.4, -0.2) is 19.9 Å². The molecule has 6 heteroatoms. The van der Waals surface area contributed by atoms with Crippen LogP contribution in [0, 0.1) is 0 Å². The zero-order valence-electron chi connectivity index (χ0n) is 13.5. The molecule has 3 aromatic rings. The van der Waals surface area contributed by atoms with Crippen LogP contribution in [-0.2, 0) is 15.4 Å². The van der Waals surface area contributed by atoms with Gasteiger partial charge in [0.25, 0.3) is 0 Å². The first kappa shape index (κ1) is 17.0. The Kier molecular flexibility index (Phi) is 4.42. The standard InChI is InChI=1S/C18H19ClN2O2S/c1-18(2,16-11-20-17-6-4-3-5-15(16)17)12-21-24(22,23)14-9-7-13(19)8-10-14/h3-11,20-21H,12H2,1-2H3. The predicted molar refractivity (Wildman–Crippen MR) is 98.0 cm³/mol. The zero-order valence-corrected chi connectivity index (χ0v) is 15.1. The zero-order chi connectivity index (χ0) is 17.4. The van der Waals surface area contributed by atoms with Crippen LogP contribution in [0.4, 0.5) is 0 Å². The number of H-pyrrole nitrogens is 1. The first-order valence-corrected chi connectivity index (χ1v) is 9.47. The molecule has 1 aromatic heterocycles. The van der Waals surface area contributed by atoms with Gasteiger partial charge >= 0.3 is 0 Å². The van der Waals surface area contributed by atoms with Crippen LogP contribution in [0.2, 0.25) is 5.02 Å². The van der Waals surface area contributed by atoms with Crippen LogP contribution in [0.5, 0.6) is 0 Å². The summed E-state index contributed by atoms with van der Waals surface area (Å²) in [6.45, 7) is 4.33. The molecule has 1 heterocycles. The summed E-state index contributed by atoms with van der Waals surface area (Å²) in [4.78, 5) is 3.45. The van der Waals surface area contributed by atoms with Crippen molar-refractivity contribution in [2.24, 2.45) is 0 Å². The molecule has 126 valence electrons. The highest BCUT2D eigenvalue weighted by Gasteiger charge is 2.26. The van der Waals surface area contributed by atoms with Gasteiger partial charge in [-0.05, 0) is 35.9 Å². The third-order valence-electron chi connectivity index (χ3n) is 4.15. The van der Waals surface area contributed by atoms with E-state index in [2.05, 4.69) is 9.71 Å². The fourth-order valence-electron chi connectivity index (χ4n) is 2.70. The van der Waals surface area contributed by atoms with Crippen LogP contribution in [0.3, 0.4) is 0 Å². The Hall–Kier alpha value is -1.82. The average molecular weight is 363 g/mol. The van der Waals surface area contributed by atoms with Crippen LogP contribution in [0.15, 0.2) is 59.6 Å². The summed E-state index contributed by atoms with van der Waals surface area (Å²) < 4.78 is 27.6. The molecule has 2 aromatic carbocycles. The summed E-state index contributed by atoms with van der Waals surface area (Å²) in [6.07, 6.45) is 1.95. The number of aromatic amines is 1. The molecule has 3 rings (SSSR count). The van der Waals surface area contributed by atoms with Gasteiger partial charge in [-0.3, -0.25) is 0 Å². The number of halogens is 1. The maximum absolute atomic E-state index is 12.5. The van der Waals surface area contributed by atoms with Crippen LogP contribution < -0.4 is 4.72 Å². The molecular weight excluding hydrogens is 344 g/mol. The molecule has 0 aliphatic heterocycles. The SMILES string of the molecule is CC(C)(CNS(=O)(=O)c1ccc(Cl)cc1)c1c[nH]c2ccccc12.